The van der Waals surface area contributed by atoms with Gasteiger partial charge in [-0.1, -0.05) is 26.4 Å². The first-order chi connectivity index (χ1) is 28.5. The van der Waals surface area contributed by atoms with E-state index < -0.39 is 26.8 Å². The SMILES string of the molecule is Cc1nc2n(c(=O)c1CCN1CCC(c3noc4cc(F)ccc34)CC1)CCCC2OCCCCC(=O)NCc1ccc(C(=O)On2c(O)cc(S(C)(C)(C)=O)c2O)cc1. The lowest BCUT2D eigenvalue weighted by atomic mass is 9.91. The fourth-order valence-electron chi connectivity index (χ4n) is 7.97. The van der Waals surface area contributed by atoms with Gasteiger partial charge < -0.3 is 34.5 Å². The van der Waals surface area contributed by atoms with Crippen molar-refractivity contribution in [1.29, 1.82) is 0 Å². The van der Waals surface area contributed by atoms with Crippen molar-refractivity contribution in [3.05, 3.63) is 98.6 Å². The summed E-state index contributed by atoms with van der Waals surface area (Å²) in [7, 11) is -3.44. The molecule has 17 heteroatoms. The third-order valence-electron chi connectivity index (χ3n) is 11.4. The molecule has 0 spiro atoms. The Labute approximate surface area is 346 Å². The number of hydrogen-bond donors (Lipinski definition) is 3. The summed E-state index contributed by atoms with van der Waals surface area (Å²) in [6, 6.07) is 12.0. The number of nitrogens with zero attached hydrogens (tertiary/aromatic N) is 5. The van der Waals surface area contributed by atoms with Crippen LogP contribution in [0.1, 0.15) is 95.7 Å². The molecule has 2 aromatic carbocycles. The lowest BCUT2D eigenvalue weighted by Crippen LogP contribution is -2.38. The average molecular weight is 849 g/mol. The molecule has 2 aliphatic heterocycles. The van der Waals surface area contributed by atoms with E-state index in [4.69, 9.17) is 19.1 Å². The maximum Gasteiger partial charge on any atom is 0.363 e. The Hall–Kier alpha value is -5.39. The molecular formula is C43H53FN6O9S. The molecular weight excluding hydrogens is 796 g/mol. The topological polar surface area (TPSA) is 191 Å². The zero-order chi connectivity index (χ0) is 42.8. The van der Waals surface area contributed by atoms with Crippen LogP contribution in [0.4, 0.5) is 4.39 Å². The Bertz CT molecular complexity index is 2510. The van der Waals surface area contributed by atoms with Crippen LogP contribution in [0.25, 0.3) is 11.0 Å². The van der Waals surface area contributed by atoms with E-state index in [0.29, 0.717) is 55.0 Å². The van der Waals surface area contributed by atoms with Crippen LogP contribution in [0, 0.1) is 12.7 Å². The number of benzene rings is 2. The van der Waals surface area contributed by atoms with Gasteiger partial charge in [0.15, 0.2) is 5.58 Å². The van der Waals surface area contributed by atoms with Gasteiger partial charge in [-0.3, -0.25) is 18.4 Å². The Balaban J connectivity index is 0.822. The van der Waals surface area contributed by atoms with Crippen LogP contribution in [-0.4, -0.2) is 95.6 Å². The van der Waals surface area contributed by atoms with Crippen LogP contribution in [0.2, 0.25) is 0 Å². The van der Waals surface area contributed by atoms with E-state index in [1.54, 1.807) is 22.8 Å². The number of amides is 1. The zero-order valence-electron chi connectivity index (χ0n) is 34.4. The summed E-state index contributed by atoms with van der Waals surface area (Å²) < 4.78 is 40.5. The predicted molar refractivity (Wildman–Crippen MR) is 222 cm³/mol. The van der Waals surface area contributed by atoms with Crippen molar-refractivity contribution in [1.82, 2.24) is 29.7 Å². The Morgan fingerprint density at radius 1 is 1.02 bits per heavy atom. The lowest BCUT2D eigenvalue weighted by Gasteiger charge is -2.31. The van der Waals surface area contributed by atoms with E-state index in [-0.39, 0.29) is 46.3 Å². The van der Waals surface area contributed by atoms with Gasteiger partial charge in [-0.25, -0.2) is 14.2 Å². The molecule has 1 fully saturated rings. The maximum absolute atomic E-state index is 13.7. The summed E-state index contributed by atoms with van der Waals surface area (Å²) in [6.45, 7) is 5.67. The van der Waals surface area contributed by atoms with Gasteiger partial charge in [0, 0.05) is 67.4 Å². The van der Waals surface area contributed by atoms with Crippen molar-refractivity contribution in [2.75, 3.05) is 45.0 Å². The van der Waals surface area contributed by atoms with Crippen molar-refractivity contribution in [2.24, 2.45) is 0 Å². The summed E-state index contributed by atoms with van der Waals surface area (Å²) >= 11 is 0. The van der Waals surface area contributed by atoms with Crippen molar-refractivity contribution in [3.8, 4) is 11.8 Å². The highest BCUT2D eigenvalue weighted by Gasteiger charge is 2.32. The molecule has 3 N–H and O–H groups in total. The fraction of sp³-hybridized carbons (Fsp3) is 0.465. The molecule has 3 aromatic heterocycles. The van der Waals surface area contributed by atoms with Crippen molar-refractivity contribution >= 4 is 31.9 Å². The highest BCUT2D eigenvalue weighted by atomic mass is 32.3. The third-order valence-corrected chi connectivity index (χ3v) is 13.1. The number of aryl methyl sites for hydroxylation is 1. The number of unbranched alkanes of at least 4 members (excludes halogenated alkanes) is 1. The summed E-state index contributed by atoms with van der Waals surface area (Å²) in [5, 5.41) is 28.7. The van der Waals surface area contributed by atoms with E-state index in [9.17, 15) is 33.2 Å². The van der Waals surface area contributed by atoms with Gasteiger partial charge in [0.1, 0.15) is 17.7 Å². The normalized spacial score (nSPS) is 16.9. The summed E-state index contributed by atoms with van der Waals surface area (Å²) in [5.74, 6) is -1.61. The highest BCUT2D eigenvalue weighted by molar-refractivity contribution is 8.18. The van der Waals surface area contributed by atoms with Crippen LogP contribution in [-0.2, 0) is 38.1 Å². The number of rotatable bonds is 15. The molecule has 1 amide bonds. The Morgan fingerprint density at radius 2 is 1.77 bits per heavy atom. The number of aromatic hydroxyl groups is 2. The number of carbonyl (C=O) groups excluding carboxylic acids is 2. The van der Waals surface area contributed by atoms with Gasteiger partial charge in [0.2, 0.25) is 17.7 Å². The van der Waals surface area contributed by atoms with E-state index in [0.717, 1.165) is 79.3 Å². The molecule has 5 aromatic rings. The maximum atomic E-state index is 13.7. The van der Waals surface area contributed by atoms with E-state index >= 15 is 0 Å². The first-order valence-electron chi connectivity index (χ1n) is 20.3. The summed E-state index contributed by atoms with van der Waals surface area (Å²) in [5.41, 5.74) is 3.72. The second-order valence-corrected chi connectivity index (χ2v) is 22.1. The first-order valence-corrected chi connectivity index (χ1v) is 23.5. The molecule has 0 radical (unpaired) electrons. The molecule has 0 saturated carbocycles. The van der Waals surface area contributed by atoms with Crippen LogP contribution in [0.5, 0.6) is 11.8 Å². The van der Waals surface area contributed by atoms with E-state index in [1.165, 1.54) is 43.0 Å². The molecule has 7 rings (SSSR count). The number of carbonyl (C=O) groups is 2. The van der Waals surface area contributed by atoms with Crippen molar-refractivity contribution in [2.45, 2.75) is 88.3 Å². The molecule has 1 atom stereocenters. The Kier molecular flexibility index (Phi) is 12.3. The first kappa shape index (κ1) is 42.7. The van der Waals surface area contributed by atoms with Crippen molar-refractivity contribution < 1.29 is 42.5 Å². The van der Waals surface area contributed by atoms with E-state index in [1.807, 2.05) is 6.92 Å². The molecule has 15 nitrogen and oxygen atoms in total. The van der Waals surface area contributed by atoms with Crippen molar-refractivity contribution in [3.63, 3.8) is 0 Å². The lowest BCUT2D eigenvalue weighted by molar-refractivity contribution is -0.121. The minimum absolute atomic E-state index is 0.000652. The molecule has 5 heterocycles. The molecule has 1 unspecified atom stereocenters. The molecule has 322 valence electrons. The fourth-order valence-corrected chi connectivity index (χ4v) is 9.18. The van der Waals surface area contributed by atoms with Gasteiger partial charge in [-0.2, -0.15) is 0 Å². The molecule has 1 saturated heterocycles. The van der Waals surface area contributed by atoms with E-state index in [2.05, 4.69) is 15.4 Å². The number of ether oxygens (including phenoxy) is 1. The number of fused-ring (bicyclic) bond motifs is 2. The van der Waals surface area contributed by atoms with Gasteiger partial charge in [0.05, 0.1) is 16.2 Å². The predicted octanol–water partition coefficient (Wildman–Crippen LogP) is 5.14. The van der Waals surface area contributed by atoms with Gasteiger partial charge in [-0.15, -0.1) is 4.73 Å². The molecule has 60 heavy (non-hydrogen) atoms. The number of halogens is 1. The number of piperidine rings is 1. The largest absolute Gasteiger partial charge is 0.492 e. The highest BCUT2D eigenvalue weighted by Crippen LogP contribution is 2.39. The van der Waals surface area contributed by atoms with Gasteiger partial charge in [0.25, 0.3) is 5.56 Å². The standard InChI is InChI=1S/C43H53FN6O9S/c1-27-32(18-22-48-20-16-29(17-21-48)39-33-15-14-31(44)24-35(33)58-47-39)41(53)49-19-7-8-34(40(49)46-27)57-23-6-5-9-37(51)45-26-28-10-12-30(13-11-28)43(55)59-50-38(52)25-36(42(50)54)60(2,3,4)56/h10-15,24-25,29,34,52,54H,5-9,16-23,26H2,1-4H3,(H,45,51). The summed E-state index contributed by atoms with van der Waals surface area (Å²) in [4.78, 5) is 51.4. The minimum atomic E-state index is -3.44. The van der Waals surface area contributed by atoms with Gasteiger partial charge in [-0.05, 0) is 114 Å². The second-order valence-electron chi connectivity index (χ2n) is 16.8. The van der Waals surface area contributed by atoms with Crippen LogP contribution in [0.15, 0.2) is 62.7 Å². The number of hydrogen-bond acceptors (Lipinski definition) is 12. The molecule has 0 bridgehead atoms. The molecule has 0 aliphatic carbocycles. The second kappa shape index (κ2) is 17.3. The van der Waals surface area contributed by atoms with Crippen LogP contribution >= 0.6 is 0 Å². The zero-order valence-corrected chi connectivity index (χ0v) is 35.3. The average Bonchev–Trinajstić information content (AvgIpc) is 3.76. The minimum Gasteiger partial charge on any atom is -0.492 e. The third kappa shape index (κ3) is 9.63. The van der Waals surface area contributed by atoms with Crippen LogP contribution < -0.4 is 15.7 Å². The quantitative estimate of drug-likeness (QED) is 0.118. The smallest absolute Gasteiger partial charge is 0.363 e. The number of nitrogens with one attached hydrogen (secondary N) is 1. The Morgan fingerprint density at radius 3 is 2.48 bits per heavy atom. The van der Waals surface area contributed by atoms with Crippen LogP contribution in [0.3, 0.4) is 0 Å². The number of likely N-dealkylation sites (tertiary alicyclic amines) is 1. The molecule has 2 aliphatic rings. The monoisotopic (exact) mass is 848 g/mol. The van der Waals surface area contributed by atoms with Gasteiger partial charge >= 0.3 is 5.97 Å². The number of aromatic nitrogens is 4. The summed E-state index contributed by atoms with van der Waals surface area (Å²) in [6.07, 6.45) is 9.59.